The van der Waals surface area contributed by atoms with Crippen LogP contribution in [0.5, 0.6) is 0 Å². The molecule has 6 nitrogen and oxygen atoms in total. The van der Waals surface area contributed by atoms with Gasteiger partial charge in [-0.2, -0.15) is 5.10 Å². The molecule has 0 aliphatic carbocycles. The maximum absolute atomic E-state index is 11.8. The zero-order valence-corrected chi connectivity index (χ0v) is 12.9. The van der Waals surface area contributed by atoms with Crippen LogP contribution >= 0.6 is 0 Å². The molecule has 4 N–H and O–H groups in total. The number of unbranched alkanes of at least 4 members (excludes halogenated alkanes) is 3. The van der Waals surface area contributed by atoms with E-state index < -0.39 is 0 Å². The van der Waals surface area contributed by atoms with Crippen LogP contribution in [-0.2, 0) is 4.79 Å². The second-order valence-corrected chi connectivity index (χ2v) is 5.32. The molecule has 1 amide bonds. The second kappa shape index (κ2) is 8.29. The highest BCUT2D eigenvalue weighted by molar-refractivity contribution is 5.90. The standard InChI is InChI=1S/C16H23N5O/c1-12-18-16(21-20-12)13-7-9-14(10-8-13)19-15(22)6-4-2-3-5-11-17/h7-10H,2-6,11,17H2,1H3,(H,19,22)(H,18,20,21). The Kier molecular flexibility index (Phi) is 6.09. The summed E-state index contributed by atoms with van der Waals surface area (Å²) in [6.07, 6.45) is 4.62. The molecule has 2 aromatic rings. The summed E-state index contributed by atoms with van der Waals surface area (Å²) in [6.45, 7) is 2.58. The van der Waals surface area contributed by atoms with Crippen molar-refractivity contribution < 1.29 is 4.79 Å². The van der Waals surface area contributed by atoms with Crippen molar-refractivity contribution in [3.8, 4) is 11.4 Å². The lowest BCUT2D eigenvalue weighted by Crippen LogP contribution is -2.11. The molecule has 0 bridgehead atoms. The summed E-state index contributed by atoms with van der Waals surface area (Å²) in [5, 5.41) is 9.83. The Labute approximate surface area is 130 Å². The van der Waals surface area contributed by atoms with Crippen molar-refractivity contribution >= 4 is 11.6 Å². The van der Waals surface area contributed by atoms with E-state index in [0.717, 1.165) is 49.3 Å². The predicted molar refractivity (Wildman–Crippen MR) is 87.3 cm³/mol. The number of aromatic nitrogens is 3. The molecule has 6 heteroatoms. The highest BCUT2D eigenvalue weighted by Gasteiger charge is 2.05. The number of nitrogens with zero attached hydrogens (tertiary/aromatic N) is 2. The molecule has 0 saturated carbocycles. The van der Waals surface area contributed by atoms with Crippen molar-refractivity contribution in [3.05, 3.63) is 30.1 Å². The van der Waals surface area contributed by atoms with Crippen LogP contribution in [0.1, 0.15) is 37.9 Å². The van der Waals surface area contributed by atoms with E-state index in [2.05, 4.69) is 20.5 Å². The molecular formula is C16H23N5O. The first kappa shape index (κ1) is 16.2. The van der Waals surface area contributed by atoms with E-state index >= 15 is 0 Å². The minimum atomic E-state index is 0.0502. The van der Waals surface area contributed by atoms with Gasteiger partial charge in [-0.3, -0.25) is 9.89 Å². The number of anilines is 1. The van der Waals surface area contributed by atoms with Crippen LogP contribution in [0.15, 0.2) is 24.3 Å². The number of aromatic amines is 1. The van der Waals surface area contributed by atoms with Gasteiger partial charge in [-0.1, -0.05) is 12.8 Å². The van der Waals surface area contributed by atoms with E-state index in [4.69, 9.17) is 5.73 Å². The molecule has 0 radical (unpaired) electrons. The topological polar surface area (TPSA) is 96.7 Å². The molecule has 0 saturated heterocycles. The average molecular weight is 301 g/mol. The molecule has 0 atom stereocenters. The largest absolute Gasteiger partial charge is 0.330 e. The number of hydrogen-bond acceptors (Lipinski definition) is 4. The number of nitrogens with two attached hydrogens (primary N) is 1. The maximum Gasteiger partial charge on any atom is 0.224 e. The van der Waals surface area contributed by atoms with Crippen molar-refractivity contribution in [2.75, 3.05) is 11.9 Å². The number of carbonyl (C=O) groups excluding carboxylic acids is 1. The summed E-state index contributed by atoms with van der Waals surface area (Å²) < 4.78 is 0. The molecule has 1 heterocycles. The van der Waals surface area contributed by atoms with Gasteiger partial charge >= 0.3 is 0 Å². The van der Waals surface area contributed by atoms with Gasteiger partial charge in [0.05, 0.1) is 0 Å². The van der Waals surface area contributed by atoms with Gasteiger partial charge in [0, 0.05) is 17.7 Å². The Hall–Kier alpha value is -2.21. The second-order valence-electron chi connectivity index (χ2n) is 5.32. The van der Waals surface area contributed by atoms with Crippen molar-refractivity contribution in [2.24, 2.45) is 5.73 Å². The van der Waals surface area contributed by atoms with Crippen LogP contribution in [0.2, 0.25) is 0 Å². The van der Waals surface area contributed by atoms with Gasteiger partial charge in [-0.05, 0) is 50.6 Å². The monoisotopic (exact) mass is 301 g/mol. The van der Waals surface area contributed by atoms with E-state index in [1.807, 2.05) is 31.2 Å². The fourth-order valence-corrected chi connectivity index (χ4v) is 2.18. The van der Waals surface area contributed by atoms with Gasteiger partial charge in [0.15, 0.2) is 5.82 Å². The SMILES string of the molecule is Cc1nc(-c2ccc(NC(=O)CCCCCCN)cc2)n[nH]1. The third-order valence-corrected chi connectivity index (χ3v) is 3.38. The molecule has 0 aliphatic heterocycles. The number of benzene rings is 1. The lowest BCUT2D eigenvalue weighted by Gasteiger charge is -2.05. The summed E-state index contributed by atoms with van der Waals surface area (Å²) in [5.41, 5.74) is 7.15. The van der Waals surface area contributed by atoms with Crippen molar-refractivity contribution in [1.29, 1.82) is 0 Å². The maximum atomic E-state index is 11.8. The Bertz CT molecular complexity index is 591. The first-order valence-electron chi connectivity index (χ1n) is 7.68. The molecule has 1 aromatic carbocycles. The molecule has 22 heavy (non-hydrogen) atoms. The molecular weight excluding hydrogens is 278 g/mol. The predicted octanol–water partition coefficient (Wildman–Crippen LogP) is 2.63. The van der Waals surface area contributed by atoms with Crippen molar-refractivity contribution in [1.82, 2.24) is 15.2 Å². The normalized spacial score (nSPS) is 10.6. The Morgan fingerprint density at radius 2 is 1.91 bits per heavy atom. The molecule has 0 aliphatic rings. The number of hydrogen-bond donors (Lipinski definition) is 3. The highest BCUT2D eigenvalue weighted by atomic mass is 16.1. The number of rotatable bonds is 8. The van der Waals surface area contributed by atoms with Gasteiger partial charge in [0.1, 0.15) is 5.82 Å². The lowest BCUT2D eigenvalue weighted by atomic mass is 10.1. The molecule has 0 fully saturated rings. The zero-order valence-electron chi connectivity index (χ0n) is 12.9. The van der Waals surface area contributed by atoms with Crippen LogP contribution < -0.4 is 11.1 Å². The Morgan fingerprint density at radius 1 is 1.18 bits per heavy atom. The van der Waals surface area contributed by atoms with Gasteiger partial charge in [-0.25, -0.2) is 4.98 Å². The van der Waals surface area contributed by atoms with Crippen LogP contribution in [0.25, 0.3) is 11.4 Å². The van der Waals surface area contributed by atoms with Crippen molar-refractivity contribution in [3.63, 3.8) is 0 Å². The number of amides is 1. The molecule has 2 rings (SSSR count). The number of nitrogens with one attached hydrogen (secondary N) is 2. The van der Waals surface area contributed by atoms with Gasteiger partial charge in [0.25, 0.3) is 0 Å². The van der Waals surface area contributed by atoms with Crippen LogP contribution in [0, 0.1) is 6.92 Å². The number of H-pyrrole nitrogens is 1. The summed E-state index contributed by atoms with van der Waals surface area (Å²) in [5.74, 6) is 1.49. The van der Waals surface area contributed by atoms with Gasteiger partial charge in [0.2, 0.25) is 5.91 Å². The number of carbonyl (C=O) groups is 1. The van der Waals surface area contributed by atoms with E-state index in [-0.39, 0.29) is 5.91 Å². The minimum absolute atomic E-state index is 0.0502. The molecule has 118 valence electrons. The van der Waals surface area contributed by atoms with Gasteiger partial charge < -0.3 is 11.1 Å². The van der Waals surface area contributed by atoms with Crippen LogP contribution in [0.4, 0.5) is 5.69 Å². The summed E-state index contributed by atoms with van der Waals surface area (Å²) in [7, 11) is 0. The minimum Gasteiger partial charge on any atom is -0.330 e. The van der Waals surface area contributed by atoms with Gasteiger partial charge in [-0.15, -0.1) is 0 Å². The van der Waals surface area contributed by atoms with E-state index in [0.29, 0.717) is 12.2 Å². The van der Waals surface area contributed by atoms with Crippen LogP contribution in [0.3, 0.4) is 0 Å². The quantitative estimate of drug-likeness (QED) is 0.653. The summed E-state index contributed by atoms with van der Waals surface area (Å²) >= 11 is 0. The first-order valence-corrected chi connectivity index (χ1v) is 7.68. The first-order chi connectivity index (χ1) is 10.7. The third-order valence-electron chi connectivity index (χ3n) is 3.38. The number of aryl methyl sites for hydroxylation is 1. The third kappa shape index (κ3) is 4.96. The fraction of sp³-hybridized carbons (Fsp3) is 0.438. The Balaban J connectivity index is 1.79. The molecule has 1 aromatic heterocycles. The zero-order chi connectivity index (χ0) is 15.8. The van der Waals surface area contributed by atoms with Crippen molar-refractivity contribution in [2.45, 2.75) is 39.0 Å². The fourth-order valence-electron chi connectivity index (χ4n) is 2.18. The lowest BCUT2D eigenvalue weighted by molar-refractivity contribution is -0.116. The van der Waals surface area contributed by atoms with Crippen LogP contribution in [-0.4, -0.2) is 27.6 Å². The van der Waals surface area contributed by atoms with E-state index in [9.17, 15) is 4.79 Å². The summed E-state index contributed by atoms with van der Waals surface area (Å²) in [6, 6.07) is 7.54. The smallest absolute Gasteiger partial charge is 0.224 e. The Morgan fingerprint density at radius 3 is 2.55 bits per heavy atom. The average Bonchev–Trinajstić information content (AvgIpc) is 2.94. The highest BCUT2D eigenvalue weighted by Crippen LogP contribution is 2.18. The summed E-state index contributed by atoms with van der Waals surface area (Å²) in [4.78, 5) is 16.1. The molecule has 0 spiro atoms. The van der Waals surface area contributed by atoms with E-state index in [1.54, 1.807) is 0 Å². The van der Waals surface area contributed by atoms with E-state index in [1.165, 1.54) is 0 Å². The molecule has 0 unspecified atom stereocenters.